The van der Waals surface area contributed by atoms with Gasteiger partial charge in [-0.15, -0.1) is 0 Å². The first kappa shape index (κ1) is 14.1. The zero-order valence-electron chi connectivity index (χ0n) is 11.1. The summed E-state index contributed by atoms with van der Waals surface area (Å²) in [6, 6.07) is 6.77. The highest BCUT2D eigenvalue weighted by Crippen LogP contribution is 2.20. The van der Waals surface area contributed by atoms with Crippen LogP contribution in [0.2, 0.25) is 0 Å². The normalized spacial score (nSPS) is 17.8. The van der Waals surface area contributed by atoms with Crippen LogP contribution in [0.1, 0.15) is 11.1 Å². The minimum Gasteiger partial charge on any atom is -0.480 e. The summed E-state index contributed by atoms with van der Waals surface area (Å²) in [7, 11) is 0. The maximum Gasteiger partial charge on any atom is 0.410 e. The van der Waals surface area contributed by atoms with Crippen molar-refractivity contribution in [3.05, 3.63) is 48.0 Å². The number of aliphatic carboxylic acids is 1. The molecule has 0 saturated carbocycles. The molecule has 1 atom stereocenters. The highest BCUT2D eigenvalue weighted by molar-refractivity contribution is 5.80. The molecule has 0 spiro atoms. The summed E-state index contributed by atoms with van der Waals surface area (Å²) in [5, 5.41) is 9.36. The SMILES string of the molecule is C=CCOC(=O)N1CCc2ccccc2CC1C(=O)O. The summed E-state index contributed by atoms with van der Waals surface area (Å²) in [4.78, 5) is 24.7. The van der Waals surface area contributed by atoms with E-state index < -0.39 is 18.1 Å². The lowest BCUT2D eigenvalue weighted by molar-refractivity contribution is -0.142. The minimum absolute atomic E-state index is 0.0780. The van der Waals surface area contributed by atoms with Crippen molar-refractivity contribution in [2.24, 2.45) is 0 Å². The number of nitrogens with zero attached hydrogens (tertiary/aromatic N) is 1. The summed E-state index contributed by atoms with van der Waals surface area (Å²) < 4.78 is 4.97. The van der Waals surface area contributed by atoms with E-state index in [0.717, 1.165) is 11.1 Å². The molecule has 1 aliphatic heterocycles. The number of carbonyl (C=O) groups excluding carboxylic acids is 1. The van der Waals surface area contributed by atoms with Gasteiger partial charge in [0.15, 0.2) is 0 Å². The molecule has 1 heterocycles. The van der Waals surface area contributed by atoms with Gasteiger partial charge in [-0.2, -0.15) is 0 Å². The van der Waals surface area contributed by atoms with Crippen LogP contribution in [0.25, 0.3) is 0 Å². The van der Waals surface area contributed by atoms with Crippen LogP contribution in [0.4, 0.5) is 4.79 Å². The van der Waals surface area contributed by atoms with Crippen molar-refractivity contribution in [2.75, 3.05) is 13.2 Å². The molecule has 0 saturated heterocycles. The van der Waals surface area contributed by atoms with E-state index >= 15 is 0 Å². The molecule has 1 amide bonds. The third-order valence-electron chi connectivity index (χ3n) is 3.37. The number of benzene rings is 1. The highest BCUT2D eigenvalue weighted by Gasteiger charge is 2.33. The third kappa shape index (κ3) is 2.99. The smallest absolute Gasteiger partial charge is 0.410 e. The molecular formula is C15H17NO4. The highest BCUT2D eigenvalue weighted by atomic mass is 16.6. The van der Waals surface area contributed by atoms with E-state index in [0.29, 0.717) is 19.4 Å². The number of carboxylic acids is 1. The second-order valence-corrected chi connectivity index (χ2v) is 4.64. The Morgan fingerprint density at radius 1 is 1.40 bits per heavy atom. The molecule has 0 fully saturated rings. The van der Waals surface area contributed by atoms with E-state index in [2.05, 4.69) is 6.58 Å². The fraction of sp³-hybridized carbons (Fsp3) is 0.333. The lowest BCUT2D eigenvalue weighted by atomic mass is 10.0. The van der Waals surface area contributed by atoms with E-state index in [1.165, 1.54) is 11.0 Å². The van der Waals surface area contributed by atoms with Gasteiger partial charge in [0.05, 0.1) is 0 Å². The molecule has 2 rings (SSSR count). The molecule has 0 aliphatic carbocycles. The van der Waals surface area contributed by atoms with Gasteiger partial charge < -0.3 is 9.84 Å². The van der Waals surface area contributed by atoms with E-state index in [9.17, 15) is 14.7 Å². The average Bonchev–Trinajstić information content (AvgIpc) is 2.64. The molecule has 1 aliphatic rings. The molecule has 106 valence electrons. The van der Waals surface area contributed by atoms with Gasteiger partial charge in [-0.25, -0.2) is 9.59 Å². The quantitative estimate of drug-likeness (QED) is 0.855. The Kier molecular flexibility index (Phi) is 4.40. The van der Waals surface area contributed by atoms with Crippen LogP contribution >= 0.6 is 0 Å². The molecule has 1 N–H and O–H groups in total. The largest absolute Gasteiger partial charge is 0.480 e. The minimum atomic E-state index is -1.02. The van der Waals surface area contributed by atoms with Crippen LogP contribution in [0.5, 0.6) is 0 Å². The number of hydrogen-bond acceptors (Lipinski definition) is 3. The number of fused-ring (bicyclic) bond motifs is 1. The Bertz CT molecular complexity index is 526. The topological polar surface area (TPSA) is 66.8 Å². The third-order valence-corrected chi connectivity index (χ3v) is 3.37. The van der Waals surface area contributed by atoms with E-state index in [-0.39, 0.29) is 6.61 Å². The van der Waals surface area contributed by atoms with Crippen molar-refractivity contribution in [3.63, 3.8) is 0 Å². The van der Waals surface area contributed by atoms with Gasteiger partial charge >= 0.3 is 12.1 Å². The Morgan fingerprint density at radius 2 is 2.10 bits per heavy atom. The van der Waals surface area contributed by atoms with Gasteiger partial charge in [0, 0.05) is 13.0 Å². The molecule has 20 heavy (non-hydrogen) atoms. The van der Waals surface area contributed by atoms with Crippen molar-refractivity contribution in [3.8, 4) is 0 Å². The number of rotatable bonds is 3. The number of amides is 1. The first-order valence-electron chi connectivity index (χ1n) is 6.47. The maximum atomic E-state index is 12.0. The van der Waals surface area contributed by atoms with Crippen LogP contribution in [0, 0.1) is 0 Å². The molecule has 0 aromatic heterocycles. The van der Waals surface area contributed by atoms with E-state index in [1.54, 1.807) is 0 Å². The number of carbonyl (C=O) groups is 2. The van der Waals surface area contributed by atoms with Crippen LogP contribution in [-0.2, 0) is 22.4 Å². The predicted molar refractivity (Wildman–Crippen MR) is 73.5 cm³/mol. The van der Waals surface area contributed by atoms with Gasteiger partial charge in [-0.05, 0) is 17.5 Å². The van der Waals surface area contributed by atoms with Crippen LogP contribution in [0.3, 0.4) is 0 Å². The number of ether oxygens (including phenoxy) is 1. The van der Waals surface area contributed by atoms with Gasteiger partial charge in [0.2, 0.25) is 0 Å². The molecule has 5 heteroatoms. The van der Waals surface area contributed by atoms with Crippen molar-refractivity contribution >= 4 is 12.1 Å². The van der Waals surface area contributed by atoms with Crippen LogP contribution in [0.15, 0.2) is 36.9 Å². The standard InChI is InChI=1S/C15H17NO4/c1-2-9-20-15(19)16-8-7-11-5-3-4-6-12(11)10-13(16)14(17)18/h2-6,13H,1,7-10H2,(H,17,18). The Balaban J connectivity index is 2.23. The number of hydrogen-bond donors (Lipinski definition) is 1. The lowest BCUT2D eigenvalue weighted by Gasteiger charge is -2.25. The lowest BCUT2D eigenvalue weighted by Crippen LogP contribution is -2.46. The van der Waals surface area contributed by atoms with Crippen molar-refractivity contribution in [1.29, 1.82) is 0 Å². The van der Waals surface area contributed by atoms with Crippen molar-refractivity contribution < 1.29 is 19.4 Å². The first-order valence-corrected chi connectivity index (χ1v) is 6.47. The number of carboxylic acid groups (broad SMARTS) is 1. The van der Waals surface area contributed by atoms with Gasteiger partial charge in [0.25, 0.3) is 0 Å². The van der Waals surface area contributed by atoms with Gasteiger partial charge in [-0.1, -0.05) is 36.9 Å². The molecule has 0 radical (unpaired) electrons. The molecule has 1 aromatic carbocycles. The molecule has 1 aromatic rings. The summed E-state index contributed by atoms with van der Waals surface area (Å²) in [6.45, 7) is 3.89. The summed E-state index contributed by atoms with van der Waals surface area (Å²) >= 11 is 0. The predicted octanol–water partition coefficient (Wildman–Crippen LogP) is 1.86. The zero-order chi connectivity index (χ0) is 14.5. The summed E-state index contributed by atoms with van der Waals surface area (Å²) in [5.41, 5.74) is 2.05. The molecule has 5 nitrogen and oxygen atoms in total. The van der Waals surface area contributed by atoms with Crippen LogP contribution < -0.4 is 0 Å². The second-order valence-electron chi connectivity index (χ2n) is 4.64. The fourth-order valence-electron chi connectivity index (χ4n) is 2.37. The first-order chi connectivity index (χ1) is 9.63. The molecular weight excluding hydrogens is 258 g/mol. The zero-order valence-corrected chi connectivity index (χ0v) is 11.1. The Morgan fingerprint density at radius 3 is 2.75 bits per heavy atom. The van der Waals surface area contributed by atoms with Crippen molar-refractivity contribution in [1.82, 2.24) is 4.90 Å². The molecule has 0 bridgehead atoms. The van der Waals surface area contributed by atoms with Gasteiger partial charge in [-0.3, -0.25) is 4.90 Å². The van der Waals surface area contributed by atoms with Crippen LogP contribution in [-0.4, -0.2) is 41.3 Å². The average molecular weight is 275 g/mol. The second kappa shape index (κ2) is 6.23. The summed E-state index contributed by atoms with van der Waals surface area (Å²) in [5.74, 6) is -1.02. The fourth-order valence-corrected chi connectivity index (χ4v) is 2.37. The monoisotopic (exact) mass is 275 g/mol. The Hall–Kier alpha value is -2.30. The van der Waals surface area contributed by atoms with E-state index in [1.807, 2.05) is 24.3 Å². The van der Waals surface area contributed by atoms with Gasteiger partial charge in [0.1, 0.15) is 12.6 Å². The summed E-state index contributed by atoms with van der Waals surface area (Å²) in [6.07, 6.45) is 1.78. The maximum absolute atomic E-state index is 12.0. The van der Waals surface area contributed by atoms with E-state index in [4.69, 9.17) is 4.74 Å². The molecule has 1 unspecified atom stereocenters. The Labute approximate surface area is 117 Å². The van der Waals surface area contributed by atoms with Crippen molar-refractivity contribution in [2.45, 2.75) is 18.9 Å².